The molecule has 0 aromatic carbocycles. The lowest BCUT2D eigenvalue weighted by Gasteiger charge is -2.30. The number of rotatable bonds is 6. The summed E-state index contributed by atoms with van der Waals surface area (Å²) in [5.74, 6) is 0.530. The van der Waals surface area contributed by atoms with Crippen LogP contribution in [0.5, 0.6) is 0 Å². The van der Waals surface area contributed by atoms with Crippen LogP contribution in [0, 0.1) is 19.8 Å². The third-order valence-corrected chi connectivity index (χ3v) is 7.85. The van der Waals surface area contributed by atoms with E-state index in [1.807, 2.05) is 20.8 Å². The van der Waals surface area contributed by atoms with Crippen molar-refractivity contribution >= 4 is 39.2 Å². The van der Waals surface area contributed by atoms with Gasteiger partial charge in [-0.1, -0.05) is 37.6 Å². The Morgan fingerprint density at radius 3 is 2.82 bits per heavy atom. The van der Waals surface area contributed by atoms with Crippen molar-refractivity contribution in [3.63, 3.8) is 0 Å². The van der Waals surface area contributed by atoms with Gasteiger partial charge in [-0.3, -0.25) is 14.2 Å². The monoisotopic (exact) mass is 419 g/mol. The molecular weight excluding hydrogens is 390 g/mol. The molecule has 1 fully saturated rings. The first kappa shape index (κ1) is 21.1. The average Bonchev–Trinajstić information content (AvgIpc) is 2.94. The molecule has 0 aliphatic heterocycles. The van der Waals surface area contributed by atoms with Crippen LogP contribution in [0.2, 0.25) is 0 Å². The maximum atomic E-state index is 13.1. The van der Waals surface area contributed by atoms with Gasteiger partial charge in [0.15, 0.2) is 5.16 Å². The van der Waals surface area contributed by atoms with Crippen molar-refractivity contribution < 1.29 is 4.79 Å². The van der Waals surface area contributed by atoms with Crippen molar-refractivity contribution in [2.75, 3.05) is 0 Å². The van der Waals surface area contributed by atoms with E-state index in [1.54, 1.807) is 10.6 Å². The highest BCUT2D eigenvalue weighted by atomic mass is 32.2. The van der Waals surface area contributed by atoms with Crippen LogP contribution in [0.4, 0.5) is 0 Å². The highest BCUT2D eigenvalue weighted by Gasteiger charge is 2.26. The Labute approximate surface area is 174 Å². The van der Waals surface area contributed by atoms with E-state index in [2.05, 4.69) is 18.8 Å². The van der Waals surface area contributed by atoms with Crippen LogP contribution in [-0.4, -0.2) is 26.8 Å². The minimum absolute atomic E-state index is 0.0155. The molecule has 1 aliphatic carbocycles. The van der Waals surface area contributed by atoms with Crippen LogP contribution >= 0.6 is 23.1 Å². The summed E-state index contributed by atoms with van der Waals surface area (Å²) < 4.78 is 1.63. The molecule has 3 atom stereocenters. The fraction of sp³-hybridized carbons (Fsp3) is 0.571. The molecule has 1 N–H and O–H groups in total. The number of aromatic nitrogens is 2. The Morgan fingerprint density at radius 1 is 1.43 bits per heavy atom. The molecule has 1 amide bonds. The minimum Gasteiger partial charge on any atom is -0.352 e. The van der Waals surface area contributed by atoms with Crippen molar-refractivity contribution in [1.82, 2.24) is 14.9 Å². The molecule has 2 aromatic heterocycles. The van der Waals surface area contributed by atoms with E-state index in [-0.39, 0.29) is 22.8 Å². The van der Waals surface area contributed by atoms with E-state index < -0.39 is 0 Å². The maximum absolute atomic E-state index is 13.1. The predicted molar refractivity (Wildman–Crippen MR) is 118 cm³/mol. The SMILES string of the molecule is C=CCn1c(S[C@H](C)C(=O)N[C@@H]2CCCC[C@@H]2C)nc2sc(C)c(C)c2c1=O. The lowest BCUT2D eigenvalue weighted by molar-refractivity contribution is -0.121. The highest BCUT2D eigenvalue weighted by Crippen LogP contribution is 2.30. The van der Waals surface area contributed by atoms with Crippen molar-refractivity contribution in [2.45, 2.75) is 76.4 Å². The van der Waals surface area contributed by atoms with Crippen LogP contribution in [0.25, 0.3) is 10.2 Å². The normalized spacial score (nSPS) is 20.9. The van der Waals surface area contributed by atoms with Gasteiger partial charge in [-0.2, -0.15) is 0 Å². The summed E-state index contributed by atoms with van der Waals surface area (Å²) >= 11 is 2.88. The summed E-state index contributed by atoms with van der Waals surface area (Å²) in [6, 6.07) is 0.248. The maximum Gasteiger partial charge on any atom is 0.263 e. The van der Waals surface area contributed by atoms with Crippen LogP contribution in [0.1, 0.15) is 50.0 Å². The third-order valence-electron chi connectivity index (χ3n) is 5.66. The number of hydrogen-bond donors (Lipinski definition) is 1. The molecule has 2 aromatic rings. The summed E-state index contributed by atoms with van der Waals surface area (Å²) in [6.07, 6.45) is 6.33. The van der Waals surface area contributed by atoms with Gasteiger partial charge in [0.2, 0.25) is 5.91 Å². The highest BCUT2D eigenvalue weighted by molar-refractivity contribution is 8.00. The number of allylic oxidation sites excluding steroid dienone is 1. The van der Waals surface area contributed by atoms with E-state index >= 15 is 0 Å². The second kappa shape index (κ2) is 8.82. The van der Waals surface area contributed by atoms with E-state index in [0.29, 0.717) is 23.0 Å². The molecule has 0 spiro atoms. The number of nitrogens with one attached hydrogen (secondary N) is 1. The Morgan fingerprint density at radius 2 is 2.14 bits per heavy atom. The van der Waals surface area contributed by atoms with Crippen LogP contribution in [-0.2, 0) is 11.3 Å². The van der Waals surface area contributed by atoms with Crippen LogP contribution in [0.15, 0.2) is 22.6 Å². The summed E-state index contributed by atoms with van der Waals surface area (Å²) in [6.45, 7) is 12.2. The summed E-state index contributed by atoms with van der Waals surface area (Å²) in [7, 11) is 0. The van der Waals surface area contributed by atoms with Gasteiger partial charge in [-0.15, -0.1) is 17.9 Å². The van der Waals surface area contributed by atoms with Gasteiger partial charge in [0.1, 0.15) is 4.83 Å². The van der Waals surface area contributed by atoms with Gasteiger partial charge in [0.25, 0.3) is 5.56 Å². The topological polar surface area (TPSA) is 64.0 Å². The van der Waals surface area contributed by atoms with Gasteiger partial charge in [-0.05, 0) is 45.1 Å². The van der Waals surface area contributed by atoms with Gasteiger partial charge < -0.3 is 5.32 Å². The molecule has 152 valence electrons. The van der Waals surface area contributed by atoms with E-state index in [4.69, 9.17) is 4.98 Å². The third kappa shape index (κ3) is 4.20. The minimum atomic E-state index is -0.323. The zero-order valence-electron chi connectivity index (χ0n) is 17.1. The molecule has 0 radical (unpaired) electrons. The number of thioether (sulfide) groups is 1. The molecular formula is C21H29N3O2S2. The Hall–Kier alpha value is -1.60. The number of thiophene rings is 1. The zero-order valence-corrected chi connectivity index (χ0v) is 18.7. The first-order chi connectivity index (χ1) is 13.3. The Kier molecular flexibility index (Phi) is 6.65. The Balaban J connectivity index is 1.86. The fourth-order valence-corrected chi connectivity index (χ4v) is 5.73. The van der Waals surface area contributed by atoms with E-state index in [0.717, 1.165) is 21.7 Å². The van der Waals surface area contributed by atoms with E-state index in [1.165, 1.54) is 42.4 Å². The number of nitrogens with zero attached hydrogens (tertiary/aromatic N) is 2. The molecule has 3 rings (SSSR count). The number of aryl methyl sites for hydroxylation is 2. The molecule has 7 heteroatoms. The molecule has 28 heavy (non-hydrogen) atoms. The lowest BCUT2D eigenvalue weighted by Crippen LogP contribution is -2.44. The number of amides is 1. The predicted octanol–water partition coefficient (Wildman–Crippen LogP) is 4.44. The quantitative estimate of drug-likeness (QED) is 0.427. The van der Waals surface area contributed by atoms with Gasteiger partial charge in [-0.25, -0.2) is 4.98 Å². The number of carbonyl (C=O) groups excluding carboxylic acids is 1. The molecule has 0 unspecified atom stereocenters. The smallest absolute Gasteiger partial charge is 0.263 e. The van der Waals surface area contributed by atoms with Gasteiger partial charge in [0.05, 0.1) is 10.6 Å². The summed E-state index contributed by atoms with van der Waals surface area (Å²) in [5, 5.41) is 4.15. The standard InChI is InChI=1S/C21H29N3O2S2/c1-6-11-24-20(26)17-13(3)14(4)27-19(17)23-21(24)28-15(5)18(25)22-16-10-8-7-9-12(16)2/h6,12,15-16H,1,7-11H2,2-5H3,(H,22,25)/t12-,15+,16+/m0/s1. The van der Waals surface area contributed by atoms with Gasteiger partial charge in [0, 0.05) is 17.5 Å². The second-order valence-corrected chi connectivity index (χ2v) is 10.2. The van der Waals surface area contributed by atoms with Crippen LogP contribution in [0.3, 0.4) is 0 Å². The molecule has 5 nitrogen and oxygen atoms in total. The number of fused-ring (bicyclic) bond motifs is 1. The van der Waals surface area contributed by atoms with E-state index in [9.17, 15) is 9.59 Å². The van der Waals surface area contributed by atoms with Crippen molar-refractivity contribution in [1.29, 1.82) is 0 Å². The average molecular weight is 420 g/mol. The lowest BCUT2D eigenvalue weighted by atomic mass is 9.86. The first-order valence-electron chi connectivity index (χ1n) is 9.92. The molecule has 0 bridgehead atoms. The Bertz CT molecular complexity index is 947. The first-order valence-corrected chi connectivity index (χ1v) is 11.6. The molecule has 0 saturated heterocycles. The van der Waals surface area contributed by atoms with Crippen molar-refractivity contribution in [3.05, 3.63) is 33.4 Å². The summed E-state index contributed by atoms with van der Waals surface area (Å²) in [5.41, 5.74) is 0.937. The number of carbonyl (C=O) groups is 1. The largest absolute Gasteiger partial charge is 0.352 e. The fourth-order valence-electron chi connectivity index (χ4n) is 3.73. The van der Waals surface area contributed by atoms with Crippen molar-refractivity contribution in [3.8, 4) is 0 Å². The van der Waals surface area contributed by atoms with Gasteiger partial charge >= 0.3 is 0 Å². The zero-order chi connectivity index (χ0) is 20.4. The second-order valence-electron chi connectivity index (χ2n) is 7.70. The summed E-state index contributed by atoms with van der Waals surface area (Å²) in [4.78, 5) is 32.4. The molecule has 1 aliphatic rings. The van der Waals surface area contributed by atoms with Crippen LogP contribution < -0.4 is 10.9 Å². The molecule has 2 heterocycles. The molecule has 1 saturated carbocycles. The number of hydrogen-bond acceptors (Lipinski definition) is 5. The van der Waals surface area contributed by atoms with Crippen molar-refractivity contribution in [2.24, 2.45) is 5.92 Å².